The minimum atomic E-state index is -0.0170. The molecule has 23 heavy (non-hydrogen) atoms. The quantitative estimate of drug-likeness (QED) is 0.765. The molecule has 0 radical (unpaired) electrons. The number of carbonyl (C=O) groups excluding carboxylic acids is 1. The largest absolute Gasteiger partial charge is 0.310 e. The first kappa shape index (κ1) is 17.5. The Hall–Kier alpha value is -1.87. The van der Waals surface area contributed by atoms with Gasteiger partial charge in [-0.1, -0.05) is 29.8 Å². The number of nitrogens with zero attached hydrogens (tertiary/aromatic N) is 3. The van der Waals surface area contributed by atoms with Gasteiger partial charge in [-0.3, -0.25) is 9.69 Å². The number of anilines is 1. The molecule has 2 rings (SSSR count). The van der Waals surface area contributed by atoms with E-state index in [-0.39, 0.29) is 12.5 Å². The van der Waals surface area contributed by atoms with Crippen LogP contribution in [0.4, 0.5) is 5.69 Å². The Balaban J connectivity index is 2.01. The molecular formula is C17H18ClN3OS. The molecule has 4 nitrogen and oxygen atoms in total. The lowest BCUT2D eigenvalue weighted by molar-refractivity contribution is -0.119. The molecule has 0 saturated heterocycles. The van der Waals surface area contributed by atoms with E-state index >= 15 is 0 Å². The Morgan fingerprint density at radius 1 is 1.26 bits per heavy atom. The van der Waals surface area contributed by atoms with Crippen molar-refractivity contribution in [3.63, 3.8) is 0 Å². The highest BCUT2D eigenvalue weighted by atomic mass is 35.5. The lowest BCUT2D eigenvalue weighted by Crippen LogP contribution is -2.39. The van der Waals surface area contributed by atoms with Gasteiger partial charge < -0.3 is 4.90 Å². The Labute approximate surface area is 145 Å². The smallest absolute Gasteiger partial charge is 0.241 e. The third kappa shape index (κ3) is 5.36. The summed E-state index contributed by atoms with van der Waals surface area (Å²) in [6.45, 7) is 1.36. The van der Waals surface area contributed by atoms with E-state index in [1.165, 1.54) is 11.3 Å². The summed E-state index contributed by atoms with van der Waals surface area (Å²) in [6, 6.07) is 15.4. The van der Waals surface area contributed by atoms with Gasteiger partial charge in [0.25, 0.3) is 0 Å². The average Bonchev–Trinajstić information content (AvgIpc) is 2.93. The standard InChI is InChI=1S/C17H18ClN3OS/c1-20(12-15-8-9-16(18)23-15)13-17(22)21(11-5-10-19)14-6-3-2-4-7-14/h2-4,6-9H,5,11-13H2,1H3. The maximum Gasteiger partial charge on any atom is 0.241 e. The van der Waals surface area contributed by atoms with E-state index in [0.717, 1.165) is 14.9 Å². The summed E-state index contributed by atoms with van der Waals surface area (Å²) in [5.41, 5.74) is 0.820. The predicted octanol–water partition coefficient (Wildman–Crippen LogP) is 3.78. The fourth-order valence-corrected chi connectivity index (χ4v) is 3.41. The minimum absolute atomic E-state index is 0.0170. The zero-order valence-electron chi connectivity index (χ0n) is 12.9. The van der Waals surface area contributed by atoms with Gasteiger partial charge >= 0.3 is 0 Å². The van der Waals surface area contributed by atoms with Crippen molar-refractivity contribution in [1.29, 1.82) is 5.26 Å². The third-order valence-electron chi connectivity index (χ3n) is 3.28. The Bertz CT molecular complexity index is 681. The number of amides is 1. The summed E-state index contributed by atoms with van der Waals surface area (Å²) in [6.07, 6.45) is 0.310. The van der Waals surface area contributed by atoms with Crippen LogP contribution in [0.3, 0.4) is 0 Å². The van der Waals surface area contributed by atoms with Crippen LogP contribution >= 0.6 is 22.9 Å². The molecule has 0 fully saturated rings. The molecule has 2 aromatic rings. The van der Waals surface area contributed by atoms with Crippen LogP contribution in [0.25, 0.3) is 0 Å². The van der Waals surface area contributed by atoms with Gasteiger partial charge in [-0.2, -0.15) is 5.26 Å². The molecule has 0 unspecified atom stereocenters. The first-order chi connectivity index (χ1) is 11.1. The highest BCUT2D eigenvalue weighted by Gasteiger charge is 2.17. The summed E-state index contributed by atoms with van der Waals surface area (Å²) in [4.78, 5) is 17.3. The van der Waals surface area contributed by atoms with E-state index < -0.39 is 0 Å². The van der Waals surface area contributed by atoms with E-state index in [2.05, 4.69) is 6.07 Å². The fraction of sp³-hybridized carbons (Fsp3) is 0.294. The van der Waals surface area contributed by atoms with E-state index in [4.69, 9.17) is 16.9 Å². The lowest BCUT2D eigenvalue weighted by atomic mass is 10.2. The molecule has 120 valence electrons. The van der Waals surface area contributed by atoms with Crippen LogP contribution in [0.2, 0.25) is 4.34 Å². The van der Waals surface area contributed by atoms with E-state index in [1.807, 2.05) is 54.4 Å². The van der Waals surface area contributed by atoms with Gasteiger partial charge in [0.15, 0.2) is 0 Å². The van der Waals surface area contributed by atoms with Gasteiger partial charge in [-0.25, -0.2) is 0 Å². The fourth-order valence-electron chi connectivity index (χ4n) is 2.24. The van der Waals surface area contributed by atoms with Gasteiger partial charge in [0.1, 0.15) is 0 Å². The molecule has 0 atom stereocenters. The second kappa shape index (κ2) is 8.68. The summed E-state index contributed by atoms with van der Waals surface area (Å²) < 4.78 is 0.750. The molecule has 1 amide bonds. The Morgan fingerprint density at radius 2 is 2.00 bits per heavy atom. The van der Waals surface area contributed by atoms with Gasteiger partial charge in [0, 0.05) is 23.7 Å². The monoisotopic (exact) mass is 347 g/mol. The van der Waals surface area contributed by atoms with Crippen molar-refractivity contribution in [1.82, 2.24) is 4.90 Å². The van der Waals surface area contributed by atoms with Gasteiger partial charge in [-0.05, 0) is 31.3 Å². The number of halogens is 1. The molecule has 0 aliphatic carbocycles. The van der Waals surface area contributed by atoms with Crippen molar-refractivity contribution < 1.29 is 4.79 Å². The van der Waals surface area contributed by atoms with Crippen molar-refractivity contribution in [2.45, 2.75) is 13.0 Å². The van der Waals surface area contributed by atoms with Crippen molar-refractivity contribution in [2.24, 2.45) is 0 Å². The van der Waals surface area contributed by atoms with Crippen LogP contribution in [0.1, 0.15) is 11.3 Å². The first-order valence-electron chi connectivity index (χ1n) is 7.25. The highest BCUT2D eigenvalue weighted by Crippen LogP contribution is 2.22. The summed E-state index contributed by atoms with van der Waals surface area (Å²) >= 11 is 7.45. The van der Waals surface area contributed by atoms with Crippen LogP contribution in [0.5, 0.6) is 0 Å². The van der Waals surface area contributed by atoms with Crippen molar-refractivity contribution in [3.8, 4) is 6.07 Å². The minimum Gasteiger partial charge on any atom is -0.310 e. The number of hydrogen-bond donors (Lipinski definition) is 0. The topological polar surface area (TPSA) is 47.3 Å². The van der Waals surface area contributed by atoms with Crippen molar-refractivity contribution in [2.75, 3.05) is 25.0 Å². The number of para-hydroxylation sites is 1. The molecule has 0 spiro atoms. The molecule has 1 aromatic heterocycles. The molecule has 0 saturated carbocycles. The summed E-state index contributed by atoms with van der Waals surface area (Å²) in [5.74, 6) is -0.0170. The maximum absolute atomic E-state index is 12.6. The number of hydrogen-bond acceptors (Lipinski definition) is 4. The molecule has 1 aromatic carbocycles. The SMILES string of the molecule is CN(CC(=O)N(CCC#N)c1ccccc1)Cc1ccc(Cl)s1. The molecule has 6 heteroatoms. The number of nitriles is 1. The molecule has 0 aliphatic rings. The predicted molar refractivity (Wildman–Crippen MR) is 94.7 cm³/mol. The lowest BCUT2D eigenvalue weighted by Gasteiger charge is -2.24. The van der Waals surface area contributed by atoms with E-state index in [0.29, 0.717) is 19.5 Å². The summed E-state index contributed by atoms with van der Waals surface area (Å²) in [7, 11) is 1.90. The molecular weight excluding hydrogens is 330 g/mol. The van der Waals surface area contributed by atoms with Gasteiger partial charge in [0.2, 0.25) is 5.91 Å². The molecule has 0 aliphatic heterocycles. The van der Waals surface area contributed by atoms with Crippen molar-refractivity contribution >= 4 is 34.5 Å². The van der Waals surface area contributed by atoms with Crippen LogP contribution in [-0.2, 0) is 11.3 Å². The van der Waals surface area contributed by atoms with Crippen LogP contribution < -0.4 is 4.90 Å². The second-order valence-corrected chi connectivity index (χ2v) is 6.97. The third-order valence-corrected chi connectivity index (χ3v) is 4.49. The zero-order chi connectivity index (χ0) is 16.7. The highest BCUT2D eigenvalue weighted by molar-refractivity contribution is 7.16. The van der Waals surface area contributed by atoms with Crippen LogP contribution in [0, 0.1) is 11.3 Å². The van der Waals surface area contributed by atoms with Crippen LogP contribution in [0.15, 0.2) is 42.5 Å². The van der Waals surface area contributed by atoms with Gasteiger partial charge in [0.05, 0.1) is 23.4 Å². The number of thiophene rings is 1. The first-order valence-corrected chi connectivity index (χ1v) is 8.44. The average molecular weight is 348 g/mol. The number of carbonyl (C=O) groups is 1. The molecule has 0 bridgehead atoms. The molecule has 1 heterocycles. The number of benzene rings is 1. The van der Waals surface area contributed by atoms with Gasteiger partial charge in [-0.15, -0.1) is 11.3 Å². The second-order valence-electron chi connectivity index (χ2n) is 5.17. The zero-order valence-corrected chi connectivity index (χ0v) is 14.5. The van der Waals surface area contributed by atoms with Crippen LogP contribution in [-0.4, -0.2) is 30.9 Å². The normalized spacial score (nSPS) is 10.5. The maximum atomic E-state index is 12.6. The molecule has 0 N–H and O–H groups in total. The van der Waals surface area contributed by atoms with E-state index in [1.54, 1.807) is 4.90 Å². The van der Waals surface area contributed by atoms with Crippen molar-refractivity contribution in [3.05, 3.63) is 51.7 Å². The number of likely N-dealkylation sites (N-methyl/N-ethyl adjacent to an activating group) is 1. The Kier molecular flexibility index (Phi) is 6.60. The number of rotatable bonds is 7. The summed E-state index contributed by atoms with van der Waals surface area (Å²) in [5, 5.41) is 8.81. The Morgan fingerprint density at radius 3 is 2.61 bits per heavy atom. The van der Waals surface area contributed by atoms with E-state index in [9.17, 15) is 4.79 Å².